The van der Waals surface area contributed by atoms with Crippen molar-refractivity contribution < 1.29 is 37.9 Å². The normalized spacial score (nSPS) is 17.7. The molecule has 2 heterocycles. The second kappa shape index (κ2) is 17.4. The van der Waals surface area contributed by atoms with Crippen molar-refractivity contribution in [3.05, 3.63) is 36.3 Å². The molecular weight excluding hydrogens is 568 g/mol. The van der Waals surface area contributed by atoms with Crippen molar-refractivity contribution in [3.63, 3.8) is 0 Å². The highest BCUT2D eigenvalue weighted by atomic mass is 16.5. The van der Waals surface area contributed by atoms with Crippen molar-refractivity contribution >= 4 is 35.4 Å². The Bertz CT molecular complexity index is 1170. The predicted octanol–water partition coefficient (Wildman–Crippen LogP) is 2.54. The zero-order valence-corrected chi connectivity index (χ0v) is 26.8. The van der Waals surface area contributed by atoms with Gasteiger partial charge in [0.2, 0.25) is 17.7 Å². The minimum absolute atomic E-state index is 0.0166. The zero-order valence-electron chi connectivity index (χ0n) is 26.8. The van der Waals surface area contributed by atoms with Gasteiger partial charge in [0.05, 0.1) is 18.9 Å². The van der Waals surface area contributed by atoms with Crippen LogP contribution in [0.5, 0.6) is 0 Å². The molecule has 0 radical (unpaired) electrons. The van der Waals surface area contributed by atoms with Crippen LogP contribution in [0.15, 0.2) is 35.0 Å². The van der Waals surface area contributed by atoms with Crippen LogP contribution in [0.2, 0.25) is 0 Å². The maximum absolute atomic E-state index is 13.9. The van der Waals surface area contributed by atoms with Gasteiger partial charge in [-0.05, 0) is 56.1 Å². The maximum atomic E-state index is 13.9. The van der Waals surface area contributed by atoms with Crippen molar-refractivity contribution in [2.24, 2.45) is 29.6 Å². The highest BCUT2D eigenvalue weighted by molar-refractivity contribution is 5.98. The van der Waals surface area contributed by atoms with Crippen LogP contribution >= 0.6 is 0 Å². The molecule has 5 atom stereocenters. The number of rotatable bonds is 17. The molecule has 0 bridgehead atoms. The third-order valence-electron chi connectivity index (χ3n) is 7.41. The van der Waals surface area contributed by atoms with Crippen LogP contribution in [0.25, 0.3) is 0 Å². The Labute approximate surface area is 259 Å². The second-order valence-corrected chi connectivity index (χ2v) is 12.2. The molecule has 1 aromatic heterocycles. The Morgan fingerprint density at radius 2 is 1.64 bits per heavy atom. The number of ketones is 1. The van der Waals surface area contributed by atoms with Crippen LogP contribution in [-0.4, -0.2) is 66.7 Å². The average Bonchev–Trinajstić information content (AvgIpc) is 3.63. The molecule has 4 N–H and O–H groups in total. The minimum atomic E-state index is -1.01. The number of carbonyl (C=O) groups is 6. The van der Waals surface area contributed by atoms with Crippen LogP contribution < -0.4 is 21.3 Å². The lowest BCUT2D eigenvalue weighted by Crippen LogP contribution is -2.58. The number of esters is 1. The molecule has 1 fully saturated rings. The van der Waals surface area contributed by atoms with Crippen molar-refractivity contribution in [1.82, 2.24) is 21.3 Å². The first kappa shape index (κ1) is 36.2. The number of Topliss-reactive ketones (excluding diaryl/α,β-unsaturated/α-hetero) is 1. The van der Waals surface area contributed by atoms with Crippen LogP contribution in [0, 0.1) is 29.6 Å². The van der Waals surface area contributed by atoms with Gasteiger partial charge in [0.1, 0.15) is 12.1 Å². The summed E-state index contributed by atoms with van der Waals surface area (Å²) in [5.41, 5.74) is 0. The summed E-state index contributed by atoms with van der Waals surface area (Å²) in [6.45, 7) is 13.2. The number of carbonyl (C=O) groups excluding carboxylic acids is 6. The number of amides is 4. The topological polar surface area (TPSA) is 173 Å². The Kier molecular flexibility index (Phi) is 14.3. The van der Waals surface area contributed by atoms with E-state index in [4.69, 9.17) is 9.15 Å². The van der Waals surface area contributed by atoms with Gasteiger partial charge in [-0.3, -0.25) is 24.0 Å². The first-order valence-electron chi connectivity index (χ1n) is 15.4. The number of furan rings is 1. The summed E-state index contributed by atoms with van der Waals surface area (Å²) in [6, 6.07) is 0.134. The van der Waals surface area contributed by atoms with E-state index < -0.39 is 53.7 Å². The Hall–Kier alpha value is -3.96. The molecule has 1 aliphatic rings. The fourth-order valence-corrected chi connectivity index (χ4v) is 5.02. The molecule has 244 valence electrons. The molecule has 0 spiro atoms. The molecule has 0 aromatic carbocycles. The molecule has 4 amide bonds. The van der Waals surface area contributed by atoms with E-state index in [1.165, 1.54) is 24.5 Å². The first-order chi connectivity index (χ1) is 20.7. The minimum Gasteiger partial charge on any atom is -0.463 e. The van der Waals surface area contributed by atoms with Gasteiger partial charge in [-0.2, -0.15) is 0 Å². The summed E-state index contributed by atoms with van der Waals surface area (Å²) in [5, 5.41) is 11.0. The molecular formula is C32H48N4O8. The van der Waals surface area contributed by atoms with E-state index in [0.29, 0.717) is 19.4 Å². The largest absolute Gasteiger partial charge is 0.463 e. The highest BCUT2D eigenvalue weighted by Gasteiger charge is 2.36. The molecule has 12 heteroatoms. The Morgan fingerprint density at radius 3 is 2.16 bits per heavy atom. The fourth-order valence-electron chi connectivity index (χ4n) is 5.02. The van der Waals surface area contributed by atoms with Gasteiger partial charge in [-0.25, -0.2) is 4.79 Å². The number of hydrogen-bond acceptors (Lipinski definition) is 8. The molecule has 2 rings (SSSR count). The van der Waals surface area contributed by atoms with Crippen molar-refractivity contribution in [3.8, 4) is 0 Å². The third kappa shape index (κ3) is 10.9. The number of hydrogen-bond donors (Lipinski definition) is 4. The predicted molar refractivity (Wildman–Crippen MR) is 163 cm³/mol. The Morgan fingerprint density at radius 1 is 1.00 bits per heavy atom. The average molecular weight is 617 g/mol. The molecule has 1 saturated heterocycles. The van der Waals surface area contributed by atoms with Gasteiger partial charge in [-0.15, -0.1) is 0 Å². The van der Waals surface area contributed by atoms with E-state index in [2.05, 4.69) is 21.3 Å². The Balaban J connectivity index is 2.26. The van der Waals surface area contributed by atoms with Crippen molar-refractivity contribution in [2.75, 3.05) is 13.2 Å². The zero-order chi connectivity index (χ0) is 33.0. The molecule has 0 aliphatic carbocycles. The number of allylic oxidation sites excluding steroid dienone is 1. The SMILES string of the molecule is CCOC(=O)/C=C/[C@H](CC1CCNC1=O)C(=O)[C@H](CC(C)C)NC(=O)C(NC(=O)C(NC(=O)c1ccco1)C(C)C)C(C)C. The van der Waals surface area contributed by atoms with Gasteiger partial charge in [0.25, 0.3) is 5.91 Å². The summed E-state index contributed by atoms with van der Waals surface area (Å²) >= 11 is 0. The van der Waals surface area contributed by atoms with E-state index in [-0.39, 0.29) is 48.2 Å². The van der Waals surface area contributed by atoms with Crippen LogP contribution in [0.3, 0.4) is 0 Å². The van der Waals surface area contributed by atoms with E-state index >= 15 is 0 Å². The van der Waals surface area contributed by atoms with Gasteiger partial charge in [0.15, 0.2) is 11.5 Å². The van der Waals surface area contributed by atoms with Crippen molar-refractivity contribution in [2.45, 2.75) is 85.9 Å². The van der Waals surface area contributed by atoms with Gasteiger partial charge in [-0.1, -0.05) is 47.6 Å². The lowest BCUT2D eigenvalue weighted by Gasteiger charge is -2.29. The van der Waals surface area contributed by atoms with Crippen molar-refractivity contribution in [1.29, 1.82) is 0 Å². The van der Waals surface area contributed by atoms with E-state index in [9.17, 15) is 28.8 Å². The first-order valence-corrected chi connectivity index (χ1v) is 15.4. The maximum Gasteiger partial charge on any atom is 0.330 e. The van der Waals surface area contributed by atoms with Crippen LogP contribution in [-0.2, 0) is 28.7 Å². The van der Waals surface area contributed by atoms with E-state index in [1.807, 2.05) is 13.8 Å². The quantitative estimate of drug-likeness (QED) is 0.153. The number of ether oxygens (including phenoxy) is 1. The summed E-state index contributed by atoms with van der Waals surface area (Å²) in [5.74, 6) is -4.59. The molecule has 44 heavy (non-hydrogen) atoms. The molecule has 3 unspecified atom stereocenters. The smallest absolute Gasteiger partial charge is 0.330 e. The molecule has 1 aromatic rings. The third-order valence-corrected chi connectivity index (χ3v) is 7.41. The number of nitrogens with one attached hydrogen (secondary N) is 4. The lowest BCUT2D eigenvalue weighted by atomic mass is 9.84. The van der Waals surface area contributed by atoms with Gasteiger partial charge >= 0.3 is 5.97 Å². The van der Waals surface area contributed by atoms with Gasteiger partial charge < -0.3 is 30.4 Å². The summed E-state index contributed by atoms with van der Waals surface area (Å²) in [7, 11) is 0. The van der Waals surface area contributed by atoms with E-state index in [1.54, 1.807) is 40.7 Å². The van der Waals surface area contributed by atoms with E-state index in [0.717, 1.165) is 0 Å². The van der Waals surface area contributed by atoms with Crippen LogP contribution in [0.1, 0.15) is 78.3 Å². The molecule has 12 nitrogen and oxygen atoms in total. The summed E-state index contributed by atoms with van der Waals surface area (Å²) < 4.78 is 10.1. The van der Waals surface area contributed by atoms with Gasteiger partial charge in [0, 0.05) is 24.5 Å². The van der Waals surface area contributed by atoms with Crippen LogP contribution in [0.4, 0.5) is 0 Å². The monoisotopic (exact) mass is 616 g/mol. The summed E-state index contributed by atoms with van der Waals surface area (Å²) in [6.07, 6.45) is 5.03. The highest BCUT2D eigenvalue weighted by Crippen LogP contribution is 2.24. The second-order valence-electron chi connectivity index (χ2n) is 12.2. The lowest BCUT2D eigenvalue weighted by molar-refractivity contribution is -0.137. The molecule has 1 aliphatic heterocycles. The standard InChI is InChI=1S/C32H48N4O8/c1-8-43-25(37)12-11-21(17-22-13-14-33-29(22)39)28(38)23(16-18(2)3)34-31(41)26(19(4)5)36-32(42)27(20(6)7)35-30(40)24-10-9-15-44-24/h9-12,15,18-23,26-27H,8,13-14,16-17H2,1-7H3,(H,33,39)(H,34,41)(H,35,40)(H,36,42)/b12-11+/t21-,22?,23+,26?,27?/m1/s1. The fraction of sp³-hybridized carbons (Fsp3) is 0.625. The summed E-state index contributed by atoms with van der Waals surface area (Å²) in [4.78, 5) is 77.9. The molecule has 0 saturated carbocycles.